The Balaban J connectivity index is 2.14. The van der Waals surface area contributed by atoms with Gasteiger partial charge in [-0.15, -0.1) is 0 Å². The van der Waals surface area contributed by atoms with E-state index in [-0.39, 0.29) is 5.69 Å². The molecule has 1 heterocycles. The first kappa shape index (κ1) is 10.4. The monoisotopic (exact) mass is 216 g/mol. The summed E-state index contributed by atoms with van der Waals surface area (Å²) in [6.07, 6.45) is 0.612. The average Bonchev–Trinajstić information content (AvgIpc) is 2.70. The van der Waals surface area contributed by atoms with Crippen LogP contribution < -0.4 is 5.73 Å². The lowest BCUT2D eigenvalue weighted by Gasteiger charge is -1.97. The Morgan fingerprint density at radius 3 is 2.62 bits per heavy atom. The number of carbonyl (C=O) groups is 1. The molecule has 1 aromatic carbocycles. The third-order valence-electron chi connectivity index (χ3n) is 2.31. The standard InChI is InChI=1S/C12H12N2O2/c1-8-2-4-9(5-3-8)6-10-7-11(12(13)15)14-16-10/h2-5,7H,6H2,1H3,(H2,13,15). The lowest BCUT2D eigenvalue weighted by atomic mass is 10.1. The van der Waals surface area contributed by atoms with Crippen LogP contribution in [-0.4, -0.2) is 11.1 Å². The van der Waals surface area contributed by atoms with Crippen LogP contribution in [0.15, 0.2) is 34.9 Å². The van der Waals surface area contributed by atoms with Crippen LogP contribution in [0.4, 0.5) is 0 Å². The molecule has 4 nitrogen and oxygen atoms in total. The maximum absolute atomic E-state index is 10.8. The molecule has 0 fully saturated rings. The van der Waals surface area contributed by atoms with Crippen molar-refractivity contribution in [2.24, 2.45) is 5.73 Å². The molecule has 0 unspecified atom stereocenters. The number of benzene rings is 1. The minimum absolute atomic E-state index is 0.169. The summed E-state index contributed by atoms with van der Waals surface area (Å²) >= 11 is 0. The smallest absolute Gasteiger partial charge is 0.270 e. The highest BCUT2D eigenvalue weighted by Gasteiger charge is 2.08. The number of hydrogen-bond acceptors (Lipinski definition) is 3. The summed E-state index contributed by atoms with van der Waals surface area (Å²) in [6.45, 7) is 2.03. The molecule has 0 bridgehead atoms. The minimum Gasteiger partial charge on any atom is -0.364 e. The van der Waals surface area contributed by atoms with Gasteiger partial charge in [-0.05, 0) is 12.5 Å². The van der Waals surface area contributed by atoms with Crippen LogP contribution in [0.5, 0.6) is 0 Å². The van der Waals surface area contributed by atoms with E-state index in [1.54, 1.807) is 6.07 Å². The van der Waals surface area contributed by atoms with Crippen molar-refractivity contribution in [1.82, 2.24) is 5.16 Å². The van der Waals surface area contributed by atoms with Crippen molar-refractivity contribution in [3.8, 4) is 0 Å². The van der Waals surface area contributed by atoms with E-state index in [4.69, 9.17) is 10.3 Å². The summed E-state index contributed by atoms with van der Waals surface area (Å²) in [6, 6.07) is 9.66. The second kappa shape index (κ2) is 4.18. The van der Waals surface area contributed by atoms with Gasteiger partial charge in [0.2, 0.25) is 0 Å². The number of aryl methyl sites for hydroxylation is 1. The van der Waals surface area contributed by atoms with E-state index in [9.17, 15) is 4.79 Å². The van der Waals surface area contributed by atoms with Gasteiger partial charge in [0, 0.05) is 12.5 Å². The predicted molar refractivity (Wildman–Crippen MR) is 59.0 cm³/mol. The van der Waals surface area contributed by atoms with Crippen LogP contribution in [0.3, 0.4) is 0 Å². The van der Waals surface area contributed by atoms with Crippen LogP contribution in [0, 0.1) is 6.92 Å². The summed E-state index contributed by atoms with van der Waals surface area (Å²) in [7, 11) is 0. The summed E-state index contributed by atoms with van der Waals surface area (Å²) in [5, 5.41) is 3.58. The first-order chi connectivity index (χ1) is 7.65. The van der Waals surface area contributed by atoms with E-state index in [0.29, 0.717) is 12.2 Å². The number of rotatable bonds is 3. The van der Waals surface area contributed by atoms with E-state index in [1.807, 2.05) is 31.2 Å². The zero-order chi connectivity index (χ0) is 11.5. The van der Waals surface area contributed by atoms with Crippen LogP contribution in [0.2, 0.25) is 0 Å². The molecule has 0 aliphatic carbocycles. The second-order valence-corrected chi connectivity index (χ2v) is 3.71. The fraction of sp³-hybridized carbons (Fsp3) is 0.167. The van der Waals surface area contributed by atoms with Gasteiger partial charge in [-0.2, -0.15) is 0 Å². The Morgan fingerprint density at radius 1 is 1.38 bits per heavy atom. The van der Waals surface area contributed by atoms with Gasteiger partial charge < -0.3 is 10.3 Å². The Labute approximate surface area is 93.1 Å². The third-order valence-corrected chi connectivity index (χ3v) is 2.31. The zero-order valence-corrected chi connectivity index (χ0v) is 8.93. The molecule has 0 aliphatic heterocycles. The second-order valence-electron chi connectivity index (χ2n) is 3.71. The molecule has 0 radical (unpaired) electrons. The molecule has 0 atom stereocenters. The maximum atomic E-state index is 10.8. The molecule has 0 saturated heterocycles. The number of aromatic nitrogens is 1. The number of nitrogens with two attached hydrogens (primary N) is 1. The van der Waals surface area contributed by atoms with E-state index < -0.39 is 5.91 Å². The SMILES string of the molecule is Cc1ccc(Cc2cc(C(N)=O)no2)cc1. The minimum atomic E-state index is -0.570. The van der Waals surface area contributed by atoms with Crippen molar-refractivity contribution in [2.45, 2.75) is 13.3 Å². The Morgan fingerprint density at radius 2 is 2.06 bits per heavy atom. The Hall–Kier alpha value is -2.10. The summed E-state index contributed by atoms with van der Waals surface area (Å²) in [5.74, 6) is 0.0663. The van der Waals surface area contributed by atoms with E-state index in [0.717, 1.165) is 5.56 Å². The molecule has 16 heavy (non-hydrogen) atoms. The maximum Gasteiger partial charge on any atom is 0.270 e. The van der Waals surface area contributed by atoms with Crippen LogP contribution in [0.1, 0.15) is 27.4 Å². The first-order valence-electron chi connectivity index (χ1n) is 4.96. The quantitative estimate of drug-likeness (QED) is 0.848. The van der Waals surface area contributed by atoms with Crippen molar-refractivity contribution < 1.29 is 9.32 Å². The molecule has 0 aliphatic rings. The highest BCUT2D eigenvalue weighted by Crippen LogP contribution is 2.11. The fourth-order valence-electron chi connectivity index (χ4n) is 1.42. The normalized spacial score (nSPS) is 10.3. The van der Waals surface area contributed by atoms with Gasteiger partial charge >= 0.3 is 0 Å². The van der Waals surface area contributed by atoms with Gasteiger partial charge in [-0.3, -0.25) is 4.79 Å². The molecule has 1 aromatic heterocycles. The number of amides is 1. The van der Waals surface area contributed by atoms with Crippen molar-refractivity contribution >= 4 is 5.91 Å². The van der Waals surface area contributed by atoms with E-state index >= 15 is 0 Å². The highest BCUT2D eigenvalue weighted by atomic mass is 16.5. The fourth-order valence-corrected chi connectivity index (χ4v) is 1.42. The lowest BCUT2D eigenvalue weighted by Crippen LogP contribution is -2.10. The molecular formula is C12H12N2O2. The van der Waals surface area contributed by atoms with Crippen LogP contribution >= 0.6 is 0 Å². The number of hydrogen-bond donors (Lipinski definition) is 1. The highest BCUT2D eigenvalue weighted by molar-refractivity contribution is 5.90. The Bertz CT molecular complexity index is 500. The van der Waals surface area contributed by atoms with Gasteiger partial charge in [0.25, 0.3) is 5.91 Å². The van der Waals surface area contributed by atoms with E-state index in [1.165, 1.54) is 5.56 Å². The molecule has 2 N–H and O–H groups in total. The summed E-state index contributed by atoms with van der Waals surface area (Å²) < 4.78 is 5.01. The molecule has 0 saturated carbocycles. The molecule has 0 spiro atoms. The van der Waals surface area contributed by atoms with E-state index in [2.05, 4.69) is 5.16 Å². The van der Waals surface area contributed by atoms with Crippen molar-refractivity contribution in [3.63, 3.8) is 0 Å². The van der Waals surface area contributed by atoms with Crippen LogP contribution in [0.25, 0.3) is 0 Å². The number of carbonyl (C=O) groups excluding carboxylic acids is 1. The molecular weight excluding hydrogens is 204 g/mol. The summed E-state index contributed by atoms with van der Waals surface area (Å²) in [5.41, 5.74) is 7.56. The molecule has 2 aromatic rings. The van der Waals surface area contributed by atoms with Gasteiger partial charge in [-0.1, -0.05) is 35.0 Å². The lowest BCUT2D eigenvalue weighted by molar-refractivity contribution is 0.0991. The van der Waals surface area contributed by atoms with Gasteiger partial charge in [0.15, 0.2) is 5.69 Å². The molecule has 1 amide bonds. The van der Waals surface area contributed by atoms with Gasteiger partial charge in [-0.25, -0.2) is 0 Å². The third kappa shape index (κ3) is 2.28. The Kier molecular flexibility index (Phi) is 2.72. The topological polar surface area (TPSA) is 69.1 Å². The molecule has 2 rings (SSSR count). The first-order valence-corrected chi connectivity index (χ1v) is 4.96. The molecule has 82 valence electrons. The number of nitrogens with zero attached hydrogens (tertiary/aromatic N) is 1. The predicted octanol–water partition coefficient (Wildman–Crippen LogP) is 1.67. The van der Waals surface area contributed by atoms with Crippen molar-refractivity contribution in [1.29, 1.82) is 0 Å². The van der Waals surface area contributed by atoms with Gasteiger partial charge in [0.1, 0.15) is 5.76 Å². The average molecular weight is 216 g/mol. The zero-order valence-electron chi connectivity index (χ0n) is 8.93. The van der Waals surface area contributed by atoms with Crippen LogP contribution in [-0.2, 0) is 6.42 Å². The van der Waals surface area contributed by atoms with Crippen molar-refractivity contribution in [2.75, 3.05) is 0 Å². The van der Waals surface area contributed by atoms with Gasteiger partial charge in [0.05, 0.1) is 0 Å². The number of primary amides is 1. The largest absolute Gasteiger partial charge is 0.364 e. The summed E-state index contributed by atoms with van der Waals surface area (Å²) in [4.78, 5) is 10.8. The van der Waals surface area contributed by atoms with Crippen molar-refractivity contribution in [3.05, 3.63) is 52.9 Å². The molecule has 4 heteroatoms.